The highest BCUT2D eigenvalue weighted by molar-refractivity contribution is 6.83. The van der Waals surface area contributed by atoms with E-state index in [4.69, 9.17) is 0 Å². The van der Waals surface area contributed by atoms with Gasteiger partial charge in [-0.25, -0.2) is 0 Å². The normalized spacial score (nSPS) is 13.5. The van der Waals surface area contributed by atoms with E-state index in [-0.39, 0.29) is 6.85 Å². The van der Waals surface area contributed by atoms with Crippen molar-refractivity contribution in [1.29, 1.82) is 0 Å². The van der Waals surface area contributed by atoms with Crippen LogP contribution in [0.3, 0.4) is 0 Å². The lowest BCUT2D eigenvalue weighted by Gasteiger charge is -2.35. The summed E-state index contributed by atoms with van der Waals surface area (Å²) in [5.41, 5.74) is 7.47. The Morgan fingerprint density at radius 1 is 0.786 bits per heavy atom. The first-order chi connectivity index (χ1) is 13.6. The van der Waals surface area contributed by atoms with Crippen LogP contribution in [0.2, 0.25) is 0 Å². The zero-order valence-electron chi connectivity index (χ0n) is 16.7. The Morgan fingerprint density at radius 3 is 2.14 bits per heavy atom. The average molecular weight is 364 g/mol. The molecule has 3 aromatic rings. The minimum absolute atomic E-state index is 0.159. The minimum Gasteiger partial charge on any atom is -0.378 e. The van der Waals surface area contributed by atoms with Crippen molar-refractivity contribution in [3.63, 3.8) is 0 Å². The van der Waals surface area contributed by atoms with Gasteiger partial charge in [0.1, 0.15) is 0 Å². The molecule has 1 aliphatic rings. The zero-order valence-corrected chi connectivity index (χ0v) is 16.7. The van der Waals surface area contributed by atoms with Gasteiger partial charge in [0, 0.05) is 31.2 Å². The molecule has 0 saturated carbocycles. The monoisotopic (exact) mass is 364 g/mol. The fraction of sp³-hybridized carbons (Fsp3) is 0.120. The summed E-state index contributed by atoms with van der Waals surface area (Å²) in [5.74, 6) is 2.29. The molecule has 3 aromatic carbocycles. The maximum atomic E-state index is 2.44. The molecule has 0 atom stereocenters. The van der Waals surface area contributed by atoms with E-state index in [0.717, 1.165) is 0 Å². The van der Waals surface area contributed by atoms with Crippen molar-refractivity contribution >= 4 is 29.4 Å². The Hall–Kier alpha value is -3.20. The number of allylic oxidation sites excluding steroid dienone is 2. The van der Waals surface area contributed by atoms with Crippen LogP contribution in [-0.2, 0) is 0 Å². The van der Waals surface area contributed by atoms with Gasteiger partial charge in [-0.1, -0.05) is 72.2 Å². The van der Waals surface area contributed by atoms with Crippen LogP contribution in [0.15, 0.2) is 97.0 Å². The Balaban J connectivity index is 1.84. The highest BCUT2D eigenvalue weighted by Crippen LogP contribution is 2.31. The molecule has 3 heteroatoms. The third-order valence-electron chi connectivity index (χ3n) is 5.31. The Kier molecular flexibility index (Phi) is 5.07. The van der Waals surface area contributed by atoms with Crippen LogP contribution in [0, 0.1) is 6.92 Å². The van der Waals surface area contributed by atoms with Gasteiger partial charge in [0.05, 0.1) is 0 Å². The Bertz CT molecular complexity index is 1000. The van der Waals surface area contributed by atoms with E-state index >= 15 is 0 Å². The average Bonchev–Trinajstić information content (AvgIpc) is 2.74. The molecule has 138 valence electrons. The third-order valence-corrected chi connectivity index (χ3v) is 5.31. The van der Waals surface area contributed by atoms with E-state index in [1.54, 1.807) is 0 Å². The highest BCUT2D eigenvalue weighted by Gasteiger charge is 2.30. The summed E-state index contributed by atoms with van der Waals surface area (Å²) in [7, 11) is 4.15. The second-order valence-corrected chi connectivity index (χ2v) is 7.39. The van der Waals surface area contributed by atoms with Crippen molar-refractivity contribution in [1.82, 2.24) is 0 Å². The quantitative estimate of drug-likeness (QED) is 0.607. The van der Waals surface area contributed by atoms with Crippen molar-refractivity contribution in [3.05, 3.63) is 108 Å². The lowest BCUT2D eigenvalue weighted by molar-refractivity contribution is 1.13. The van der Waals surface area contributed by atoms with E-state index in [0.29, 0.717) is 0 Å². The predicted molar refractivity (Wildman–Crippen MR) is 123 cm³/mol. The summed E-state index contributed by atoms with van der Waals surface area (Å²) in [4.78, 5) is 4.57. The van der Waals surface area contributed by atoms with Crippen molar-refractivity contribution in [3.8, 4) is 0 Å². The van der Waals surface area contributed by atoms with E-state index in [2.05, 4.69) is 128 Å². The third kappa shape index (κ3) is 3.48. The molecule has 1 aliphatic heterocycles. The number of benzene rings is 3. The molecule has 0 bridgehead atoms. The highest BCUT2D eigenvalue weighted by atomic mass is 15.1. The molecule has 4 rings (SSSR count). The van der Waals surface area contributed by atoms with Gasteiger partial charge >= 0.3 is 6.85 Å². The van der Waals surface area contributed by atoms with E-state index in [9.17, 15) is 0 Å². The Labute approximate surface area is 168 Å². The molecule has 28 heavy (non-hydrogen) atoms. The SMILES string of the molecule is Cc1ccccc1B1C=CC=C(c2ccccc2)N1c1ccc(N(C)C)cc1. The maximum Gasteiger partial charge on any atom is 0.320 e. The van der Waals surface area contributed by atoms with Crippen LogP contribution in [0.5, 0.6) is 0 Å². The van der Waals surface area contributed by atoms with Gasteiger partial charge in [-0.05, 0) is 48.3 Å². The number of anilines is 2. The van der Waals surface area contributed by atoms with Crippen molar-refractivity contribution < 1.29 is 0 Å². The fourth-order valence-electron chi connectivity index (χ4n) is 3.78. The number of hydrogen-bond donors (Lipinski definition) is 0. The minimum atomic E-state index is 0.159. The summed E-state index contributed by atoms with van der Waals surface area (Å²) in [6.45, 7) is 2.35. The second-order valence-electron chi connectivity index (χ2n) is 7.39. The number of rotatable bonds is 4. The van der Waals surface area contributed by atoms with E-state index in [1.807, 2.05) is 0 Å². The van der Waals surface area contributed by atoms with Gasteiger partial charge in [0.15, 0.2) is 0 Å². The van der Waals surface area contributed by atoms with Crippen molar-refractivity contribution in [2.75, 3.05) is 23.8 Å². The topological polar surface area (TPSA) is 6.48 Å². The second kappa shape index (κ2) is 7.81. The molecule has 0 spiro atoms. The zero-order chi connectivity index (χ0) is 19.5. The van der Waals surface area contributed by atoms with Crippen LogP contribution in [0.4, 0.5) is 11.4 Å². The van der Waals surface area contributed by atoms with Gasteiger partial charge in [0.2, 0.25) is 0 Å². The van der Waals surface area contributed by atoms with Crippen molar-refractivity contribution in [2.45, 2.75) is 6.92 Å². The molecule has 0 radical (unpaired) electrons. The molecule has 0 aliphatic carbocycles. The predicted octanol–water partition coefficient (Wildman–Crippen LogP) is 4.92. The van der Waals surface area contributed by atoms with Crippen LogP contribution < -0.4 is 15.2 Å². The maximum absolute atomic E-state index is 2.44. The van der Waals surface area contributed by atoms with Crippen LogP contribution >= 0.6 is 0 Å². The molecular weight excluding hydrogens is 339 g/mol. The molecule has 0 aromatic heterocycles. The molecule has 0 unspecified atom stereocenters. The summed E-state index contributed by atoms with van der Waals surface area (Å²) >= 11 is 0. The first-order valence-corrected chi connectivity index (χ1v) is 9.71. The van der Waals surface area contributed by atoms with E-state index < -0.39 is 0 Å². The standard InChI is InChI=1S/C25H25BN2/c1-20-10-7-8-13-24(20)26-19-9-14-25(21-11-5-4-6-12-21)28(26)23-17-15-22(16-18-23)27(2)3/h4-19H,1-3H3. The Morgan fingerprint density at radius 2 is 1.46 bits per heavy atom. The van der Waals surface area contributed by atoms with Crippen LogP contribution in [0.1, 0.15) is 11.1 Å². The van der Waals surface area contributed by atoms with Crippen molar-refractivity contribution in [2.24, 2.45) is 0 Å². The number of nitrogens with zero attached hydrogens (tertiary/aromatic N) is 2. The lowest BCUT2D eigenvalue weighted by Crippen LogP contribution is -2.48. The molecule has 2 nitrogen and oxygen atoms in total. The molecule has 0 amide bonds. The molecule has 0 saturated heterocycles. The number of aryl methyl sites for hydroxylation is 1. The molecule has 1 heterocycles. The summed E-state index contributed by atoms with van der Waals surface area (Å²) in [6, 6.07) is 28.1. The fourth-order valence-corrected chi connectivity index (χ4v) is 3.78. The molecule has 0 N–H and O–H groups in total. The van der Waals surface area contributed by atoms with Gasteiger partial charge < -0.3 is 9.71 Å². The summed E-state index contributed by atoms with van der Waals surface area (Å²) < 4.78 is 0. The number of hydrogen-bond acceptors (Lipinski definition) is 2. The molecular formula is C25H25BN2. The van der Waals surface area contributed by atoms with Crippen LogP contribution in [0.25, 0.3) is 5.70 Å². The van der Waals surface area contributed by atoms with Gasteiger partial charge in [-0.15, -0.1) is 0 Å². The largest absolute Gasteiger partial charge is 0.378 e. The first-order valence-electron chi connectivity index (χ1n) is 9.71. The smallest absolute Gasteiger partial charge is 0.320 e. The molecule has 0 fully saturated rings. The van der Waals surface area contributed by atoms with Gasteiger partial charge in [-0.3, -0.25) is 0 Å². The summed E-state index contributed by atoms with van der Waals surface area (Å²) in [6.07, 6.45) is 4.40. The van der Waals surface area contributed by atoms with Gasteiger partial charge in [0.25, 0.3) is 0 Å². The first kappa shape index (κ1) is 18.2. The van der Waals surface area contributed by atoms with Gasteiger partial charge in [-0.2, -0.15) is 0 Å². The van der Waals surface area contributed by atoms with Crippen LogP contribution in [-0.4, -0.2) is 20.9 Å². The lowest BCUT2D eigenvalue weighted by atomic mass is 9.51. The summed E-state index contributed by atoms with van der Waals surface area (Å²) in [5, 5.41) is 0. The van der Waals surface area contributed by atoms with E-state index in [1.165, 1.54) is 33.7 Å².